The monoisotopic (exact) mass is 420 g/mol. The quantitative estimate of drug-likeness (QED) is 0.509. The average Bonchev–Trinajstić information content (AvgIpc) is 3.19. The van der Waals surface area contributed by atoms with E-state index in [9.17, 15) is 4.79 Å². The molecule has 31 heavy (non-hydrogen) atoms. The summed E-state index contributed by atoms with van der Waals surface area (Å²) in [5.41, 5.74) is 5.36. The summed E-state index contributed by atoms with van der Waals surface area (Å²) in [6.45, 7) is 4.05. The van der Waals surface area contributed by atoms with E-state index in [1.807, 2.05) is 30.1 Å². The van der Waals surface area contributed by atoms with Crippen LogP contribution in [-0.4, -0.2) is 37.5 Å². The van der Waals surface area contributed by atoms with Crippen LogP contribution in [0.1, 0.15) is 43.0 Å². The Balaban J connectivity index is 1.76. The second-order valence-electron chi connectivity index (χ2n) is 7.75. The fraction of sp³-hybridized carbons (Fsp3) is 0.360. The molecule has 162 valence electrons. The Labute approximate surface area is 183 Å². The standard InChI is InChI=1S/C25H28N2O4/c1-5-31-23(28)14-16(2)27-25(17-6-9-19(29-3)10-7-17)22-12-8-18-15-20(30-4)11-13-21(18)24(22)26-27/h6-7,9-11,13-15,22,25H,5,8,12H2,1-4H3/b16-14+/t22-,25-/m1/s1. The van der Waals surface area contributed by atoms with Crippen LogP contribution in [0.2, 0.25) is 0 Å². The van der Waals surface area contributed by atoms with Crippen LogP contribution in [0.15, 0.2) is 59.3 Å². The molecule has 6 nitrogen and oxygen atoms in total. The van der Waals surface area contributed by atoms with Gasteiger partial charge in [0.05, 0.1) is 32.6 Å². The maximum Gasteiger partial charge on any atom is 0.332 e. The zero-order valence-corrected chi connectivity index (χ0v) is 18.4. The van der Waals surface area contributed by atoms with Gasteiger partial charge in [0.2, 0.25) is 0 Å². The molecular formula is C25H28N2O4. The predicted molar refractivity (Wildman–Crippen MR) is 119 cm³/mol. The summed E-state index contributed by atoms with van der Waals surface area (Å²) in [5.74, 6) is 1.54. The fourth-order valence-corrected chi connectivity index (χ4v) is 4.48. The van der Waals surface area contributed by atoms with Gasteiger partial charge < -0.3 is 14.2 Å². The maximum atomic E-state index is 12.1. The summed E-state index contributed by atoms with van der Waals surface area (Å²) in [4.78, 5) is 12.1. The van der Waals surface area contributed by atoms with Crippen LogP contribution in [0.5, 0.6) is 11.5 Å². The highest BCUT2D eigenvalue weighted by Crippen LogP contribution is 2.45. The van der Waals surface area contributed by atoms with Gasteiger partial charge in [0.25, 0.3) is 0 Å². The number of hydrazone groups is 1. The number of esters is 1. The Morgan fingerprint density at radius 2 is 1.84 bits per heavy atom. The van der Waals surface area contributed by atoms with Crippen molar-refractivity contribution in [1.82, 2.24) is 5.01 Å². The molecule has 1 aliphatic carbocycles. The van der Waals surface area contributed by atoms with E-state index in [-0.39, 0.29) is 17.9 Å². The molecule has 2 aromatic rings. The van der Waals surface area contributed by atoms with Gasteiger partial charge in [-0.15, -0.1) is 0 Å². The van der Waals surface area contributed by atoms with Gasteiger partial charge in [-0.3, -0.25) is 5.01 Å². The highest BCUT2D eigenvalue weighted by atomic mass is 16.5. The van der Waals surface area contributed by atoms with Crippen LogP contribution in [0.25, 0.3) is 0 Å². The Bertz CT molecular complexity index is 1030. The zero-order chi connectivity index (χ0) is 22.0. The van der Waals surface area contributed by atoms with Gasteiger partial charge in [0.1, 0.15) is 11.5 Å². The molecule has 0 spiro atoms. The van der Waals surface area contributed by atoms with Crippen molar-refractivity contribution in [2.24, 2.45) is 11.0 Å². The minimum atomic E-state index is -0.353. The van der Waals surface area contributed by atoms with Gasteiger partial charge in [-0.2, -0.15) is 5.10 Å². The van der Waals surface area contributed by atoms with Gasteiger partial charge in [0.15, 0.2) is 0 Å². The van der Waals surface area contributed by atoms with E-state index in [2.05, 4.69) is 24.3 Å². The highest BCUT2D eigenvalue weighted by Gasteiger charge is 2.42. The number of carbonyl (C=O) groups is 1. The van der Waals surface area contributed by atoms with Gasteiger partial charge in [-0.05, 0) is 68.1 Å². The third-order valence-corrected chi connectivity index (χ3v) is 5.96. The lowest BCUT2D eigenvalue weighted by Gasteiger charge is -2.31. The number of fused-ring (bicyclic) bond motifs is 3. The molecule has 6 heteroatoms. The molecule has 0 saturated carbocycles. The molecule has 2 atom stereocenters. The number of methoxy groups -OCH3 is 2. The molecule has 1 heterocycles. The average molecular weight is 421 g/mol. The number of aryl methyl sites for hydroxylation is 1. The van der Waals surface area contributed by atoms with Crippen molar-refractivity contribution >= 4 is 11.7 Å². The summed E-state index contributed by atoms with van der Waals surface area (Å²) in [6, 6.07) is 14.3. The van der Waals surface area contributed by atoms with Crippen LogP contribution < -0.4 is 9.47 Å². The van der Waals surface area contributed by atoms with Crippen molar-refractivity contribution in [3.05, 3.63) is 70.9 Å². The van der Waals surface area contributed by atoms with Crippen molar-refractivity contribution in [3.63, 3.8) is 0 Å². The van der Waals surface area contributed by atoms with Gasteiger partial charge in [-0.1, -0.05) is 12.1 Å². The number of nitrogens with zero attached hydrogens (tertiary/aromatic N) is 2. The van der Waals surface area contributed by atoms with E-state index < -0.39 is 0 Å². The van der Waals surface area contributed by atoms with Gasteiger partial charge in [0, 0.05) is 23.3 Å². The molecule has 0 aromatic heterocycles. The lowest BCUT2D eigenvalue weighted by atomic mass is 9.77. The van der Waals surface area contributed by atoms with Crippen molar-refractivity contribution in [1.29, 1.82) is 0 Å². The Morgan fingerprint density at radius 1 is 1.13 bits per heavy atom. The number of hydrogen-bond donors (Lipinski definition) is 0. The lowest BCUT2D eigenvalue weighted by molar-refractivity contribution is -0.137. The predicted octanol–water partition coefficient (Wildman–Crippen LogP) is 4.49. The fourth-order valence-electron chi connectivity index (χ4n) is 4.48. The third kappa shape index (κ3) is 4.02. The maximum absolute atomic E-state index is 12.1. The van der Waals surface area contributed by atoms with Crippen LogP contribution in [-0.2, 0) is 16.0 Å². The Hall–Kier alpha value is -3.28. The van der Waals surface area contributed by atoms with Crippen LogP contribution in [0, 0.1) is 5.92 Å². The molecule has 0 bridgehead atoms. The van der Waals surface area contributed by atoms with E-state index in [0.717, 1.165) is 46.9 Å². The lowest BCUT2D eigenvalue weighted by Crippen LogP contribution is -2.28. The van der Waals surface area contributed by atoms with Crippen molar-refractivity contribution < 1.29 is 19.0 Å². The molecule has 1 aliphatic heterocycles. The smallest absolute Gasteiger partial charge is 0.332 e. The first kappa shape index (κ1) is 21.0. The SMILES string of the molecule is CCOC(=O)/C=C(\C)N1N=C2c3ccc(OC)cc3CC[C@H]2[C@H]1c1ccc(OC)cc1. The first-order chi connectivity index (χ1) is 15.0. The number of ether oxygens (including phenoxy) is 3. The largest absolute Gasteiger partial charge is 0.497 e. The first-order valence-corrected chi connectivity index (χ1v) is 10.6. The second-order valence-corrected chi connectivity index (χ2v) is 7.75. The van der Waals surface area contributed by atoms with Crippen molar-refractivity contribution in [3.8, 4) is 11.5 Å². The normalized spacial score (nSPS) is 19.9. The van der Waals surface area contributed by atoms with Gasteiger partial charge >= 0.3 is 5.97 Å². The van der Waals surface area contributed by atoms with Crippen LogP contribution >= 0.6 is 0 Å². The minimum absolute atomic E-state index is 0.00170. The summed E-state index contributed by atoms with van der Waals surface area (Å²) in [5, 5.41) is 6.99. The van der Waals surface area contributed by atoms with Crippen molar-refractivity contribution in [2.45, 2.75) is 32.7 Å². The molecule has 0 unspecified atom stereocenters. The zero-order valence-electron chi connectivity index (χ0n) is 18.4. The summed E-state index contributed by atoms with van der Waals surface area (Å²) in [7, 11) is 3.35. The second kappa shape index (κ2) is 8.84. The molecule has 0 radical (unpaired) electrons. The topological polar surface area (TPSA) is 60.4 Å². The highest BCUT2D eigenvalue weighted by molar-refractivity contribution is 6.06. The molecule has 2 aliphatic rings. The summed E-state index contributed by atoms with van der Waals surface area (Å²) in [6.07, 6.45) is 3.45. The van der Waals surface area contributed by atoms with Crippen LogP contribution in [0.4, 0.5) is 0 Å². The van der Waals surface area contributed by atoms with Crippen molar-refractivity contribution in [2.75, 3.05) is 20.8 Å². The summed E-state index contributed by atoms with van der Waals surface area (Å²) < 4.78 is 15.9. The molecule has 0 fully saturated rings. The molecule has 0 N–H and O–H groups in total. The number of rotatable bonds is 6. The molecule has 0 saturated heterocycles. The molecule has 4 rings (SSSR count). The van der Waals surface area contributed by atoms with Gasteiger partial charge in [-0.25, -0.2) is 4.79 Å². The third-order valence-electron chi connectivity index (χ3n) is 5.96. The van der Waals surface area contributed by atoms with E-state index in [4.69, 9.17) is 19.3 Å². The Kier molecular flexibility index (Phi) is 5.98. The van der Waals surface area contributed by atoms with E-state index in [1.165, 1.54) is 11.6 Å². The molecule has 0 amide bonds. The minimum Gasteiger partial charge on any atom is -0.497 e. The number of benzene rings is 2. The summed E-state index contributed by atoms with van der Waals surface area (Å²) >= 11 is 0. The van der Waals surface area contributed by atoms with E-state index in [1.54, 1.807) is 21.1 Å². The van der Waals surface area contributed by atoms with Crippen LogP contribution in [0.3, 0.4) is 0 Å². The molecular weight excluding hydrogens is 392 g/mol. The first-order valence-electron chi connectivity index (χ1n) is 10.6. The molecule has 2 aromatic carbocycles. The number of hydrogen-bond acceptors (Lipinski definition) is 6. The number of allylic oxidation sites excluding steroid dienone is 1. The van der Waals surface area contributed by atoms with E-state index in [0.29, 0.717) is 6.61 Å². The number of carbonyl (C=O) groups excluding carboxylic acids is 1. The van der Waals surface area contributed by atoms with E-state index >= 15 is 0 Å². The Morgan fingerprint density at radius 3 is 2.52 bits per heavy atom.